The molecule has 6 heteroatoms. The predicted octanol–water partition coefficient (Wildman–Crippen LogP) is 1.39. The molecule has 98 valence electrons. The molecule has 0 spiro atoms. The van der Waals surface area contributed by atoms with Gasteiger partial charge >= 0.3 is 5.69 Å². The number of methoxy groups -OCH3 is 1. The number of nitro benzene ring substituents is 1. The summed E-state index contributed by atoms with van der Waals surface area (Å²) in [5.74, 6) is 0.713. The van der Waals surface area contributed by atoms with Crippen LogP contribution in [-0.4, -0.2) is 31.7 Å². The Labute approximate surface area is 105 Å². The fraction of sp³-hybridized carbons (Fsp3) is 0.500. The van der Waals surface area contributed by atoms with Gasteiger partial charge in [0.05, 0.1) is 12.0 Å². The summed E-state index contributed by atoms with van der Waals surface area (Å²) in [5, 5.41) is 11.2. The molecule has 0 saturated carbocycles. The summed E-state index contributed by atoms with van der Waals surface area (Å²) in [4.78, 5) is 12.8. The van der Waals surface area contributed by atoms with Crippen LogP contribution in [0.1, 0.15) is 6.42 Å². The number of nitro groups is 1. The third kappa shape index (κ3) is 2.24. The monoisotopic (exact) mass is 251 g/mol. The van der Waals surface area contributed by atoms with Gasteiger partial charge in [-0.1, -0.05) is 6.07 Å². The van der Waals surface area contributed by atoms with E-state index in [1.165, 1.54) is 7.11 Å². The smallest absolute Gasteiger partial charge is 0.333 e. The first-order valence-corrected chi connectivity index (χ1v) is 5.93. The van der Waals surface area contributed by atoms with Gasteiger partial charge in [-0.25, -0.2) is 0 Å². The lowest BCUT2D eigenvalue weighted by atomic mass is 10.1. The van der Waals surface area contributed by atoms with Gasteiger partial charge in [0.25, 0.3) is 0 Å². The van der Waals surface area contributed by atoms with Crippen molar-refractivity contribution in [1.82, 2.24) is 0 Å². The topological polar surface area (TPSA) is 81.6 Å². The van der Waals surface area contributed by atoms with Crippen molar-refractivity contribution in [3.63, 3.8) is 0 Å². The Kier molecular flexibility index (Phi) is 3.66. The van der Waals surface area contributed by atoms with Crippen molar-refractivity contribution in [2.24, 2.45) is 11.7 Å². The minimum atomic E-state index is -0.385. The second kappa shape index (κ2) is 5.22. The lowest BCUT2D eigenvalue weighted by Gasteiger charge is -2.19. The highest BCUT2D eigenvalue weighted by molar-refractivity contribution is 5.70. The molecule has 2 rings (SSSR count). The van der Waals surface area contributed by atoms with E-state index < -0.39 is 0 Å². The van der Waals surface area contributed by atoms with E-state index in [0.717, 1.165) is 19.5 Å². The normalized spacial score (nSPS) is 19.0. The van der Waals surface area contributed by atoms with E-state index in [2.05, 4.69) is 0 Å². The van der Waals surface area contributed by atoms with Gasteiger partial charge in [-0.15, -0.1) is 0 Å². The van der Waals surface area contributed by atoms with Crippen molar-refractivity contribution in [3.8, 4) is 5.75 Å². The summed E-state index contributed by atoms with van der Waals surface area (Å²) >= 11 is 0. The van der Waals surface area contributed by atoms with Crippen LogP contribution in [0.25, 0.3) is 0 Å². The van der Waals surface area contributed by atoms with Gasteiger partial charge in [0.2, 0.25) is 0 Å². The average molecular weight is 251 g/mol. The molecule has 1 aromatic carbocycles. The van der Waals surface area contributed by atoms with E-state index in [4.69, 9.17) is 10.5 Å². The predicted molar refractivity (Wildman–Crippen MR) is 69.0 cm³/mol. The molecule has 1 aromatic rings. The van der Waals surface area contributed by atoms with E-state index in [1.54, 1.807) is 18.2 Å². The Balaban J connectivity index is 2.36. The van der Waals surface area contributed by atoms with Gasteiger partial charge in [-0.3, -0.25) is 10.1 Å². The molecule has 0 aliphatic carbocycles. The zero-order chi connectivity index (χ0) is 13.1. The molecule has 1 fully saturated rings. The third-order valence-corrected chi connectivity index (χ3v) is 3.34. The maximum absolute atomic E-state index is 11.2. The van der Waals surface area contributed by atoms with E-state index >= 15 is 0 Å². The number of ether oxygens (including phenoxy) is 1. The summed E-state index contributed by atoms with van der Waals surface area (Å²) < 4.78 is 5.07. The van der Waals surface area contributed by atoms with Gasteiger partial charge in [0.1, 0.15) is 5.69 Å². The Bertz CT molecular complexity index is 450. The summed E-state index contributed by atoms with van der Waals surface area (Å²) in [5.41, 5.74) is 6.30. The van der Waals surface area contributed by atoms with Crippen LogP contribution in [0.15, 0.2) is 18.2 Å². The quantitative estimate of drug-likeness (QED) is 0.646. The number of para-hydroxylation sites is 1. The van der Waals surface area contributed by atoms with E-state index in [0.29, 0.717) is 23.9 Å². The first-order chi connectivity index (χ1) is 8.67. The van der Waals surface area contributed by atoms with Crippen LogP contribution in [0.3, 0.4) is 0 Å². The molecule has 1 saturated heterocycles. The molecule has 0 amide bonds. The van der Waals surface area contributed by atoms with E-state index in [9.17, 15) is 10.1 Å². The summed E-state index contributed by atoms with van der Waals surface area (Å²) in [6.45, 7) is 2.19. The Hall–Kier alpha value is -1.82. The van der Waals surface area contributed by atoms with Gasteiger partial charge in [0, 0.05) is 13.1 Å². The van der Waals surface area contributed by atoms with Crippen molar-refractivity contribution in [3.05, 3.63) is 28.3 Å². The minimum absolute atomic E-state index is 0.0395. The molecule has 6 nitrogen and oxygen atoms in total. The van der Waals surface area contributed by atoms with Crippen LogP contribution in [0, 0.1) is 16.0 Å². The van der Waals surface area contributed by atoms with Gasteiger partial charge in [0.15, 0.2) is 5.75 Å². The number of benzene rings is 1. The fourth-order valence-electron chi connectivity index (χ4n) is 2.36. The molecule has 1 aliphatic heterocycles. The second-order valence-electron chi connectivity index (χ2n) is 4.42. The summed E-state index contributed by atoms with van der Waals surface area (Å²) in [7, 11) is 1.44. The zero-order valence-corrected chi connectivity index (χ0v) is 10.3. The second-order valence-corrected chi connectivity index (χ2v) is 4.42. The van der Waals surface area contributed by atoms with Crippen molar-refractivity contribution in [1.29, 1.82) is 0 Å². The van der Waals surface area contributed by atoms with Crippen LogP contribution in [0.4, 0.5) is 11.4 Å². The molecule has 0 bridgehead atoms. The molecule has 2 N–H and O–H groups in total. The highest BCUT2D eigenvalue weighted by Gasteiger charge is 2.29. The SMILES string of the molecule is COc1cccc(N2CCC(CN)C2)c1[N+](=O)[O-]. The van der Waals surface area contributed by atoms with Crippen molar-refractivity contribution >= 4 is 11.4 Å². The molecule has 0 radical (unpaired) electrons. The highest BCUT2D eigenvalue weighted by atomic mass is 16.6. The largest absolute Gasteiger partial charge is 0.490 e. The number of hydrogen-bond acceptors (Lipinski definition) is 5. The lowest BCUT2D eigenvalue weighted by molar-refractivity contribution is -0.385. The number of rotatable bonds is 4. The number of anilines is 1. The van der Waals surface area contributed by atoms with Crippen molar-refractivity contribution in [2.75, 3.05) is 31.6 Å². The van der Waals surface area contributed by atoms with Crippen LogP contribution >= 0.6 is 0 Å². The molecule has 1 aliphatic rings. The zero-order valence-electron chi connectivity index (χ0n) is 10.3. The van der Waals surface area contributed by atoms with Crippen molar-refractivity contribution in [2.45, 2.75) is 6.42 Å². The first-order valence-electron chi connectivity index (χ1n) is 5.93. The fourth-order valence-corrected chi connectivity index (χ4v) is 2.36. The standard InChI is InChI=1S/C12H17N3O3/c1-18-11-4-2-3-10(12(11)15(16)17)14-6-5-9(7-13)8-14/h2-4,9H,5-8,13H2,1H3. The first kappa shape index (κ1) is 12.6. The Morgan fingerprint density at radius 2 is 2.39 bits per heavy atom. The molecule has 1 atom stereocenters. The summed E-state index contributed by atoms with van der Waals surface area (Å²) in [6, 6.07) is 5.15. The van der Waals surface area contributed by atoms with Gasteiger partial charge < -0.3 is 15.4 Å². The molecule has 18 heavy (non-hydrogen) atoms. The summed E-state index contributed by atoms with van der Waals surface area (Å²) in [6.07, 6.45) is 0.977. The molecule has 1 heterocycles. The van der Waals surface area contributed by atoms with Crippen LogP contribution in [0.5, 0.6) is 5.75 Å². The highest BCUT2D eigenvalue weighted by Crippen LogP contribution is 2.38. The Morgan fingerprint density at radius 3 is 2.94 bits per heavy atom. The molecular weight excluding hydrogens is 234 g/mol. The average Bonchev–Trinajstić information content (AvgIpc) is 2.86. The Morgan fingerprint density at radius 1 is 1.61 bits per heavy atom. The maximum Gasteiger partial charge on any atom is 0.333 e. The van der Waals surface area contributed by atoms with Crippen LogP contribution < -0.4 is 15.4 Å². The van der Waals surface area contributed by atoms with Gasteiger partial charge in [-0.05, 0) is 31.0 Å². The molecule has 1 unspecified atom stereocenters. The minimum Gasteiger partial charge on any atom is -0.490 e. The number of nitrogens with zero attached hydrogens (tertiary/aromatic N) is 2. The molecular formula is C12H17N3O3. The maximum atomic E-state index is 11.2. The number of nitrogens with two attached hydrogens (primary N) is 1. The number of hydrogen-bond donors (Lipinski definition) is 1. The third-order valence-electron chi connectivity index (χ3n) is 3.34. The lowest BCUT2D eigenvalue weighted by Crippen LogP contribution is -2.23. The van der Waals surface area contributed by atoms with Gasteiger partial charge in [-0.2, -0.15) is 0 Å². The van der Waals surface area contributed by atoms with Crippen LogP contribution in [-0.2, 0) is 0 Å². The van der Waals surface area contributed by atoms with E-state index in [-0.39, 0.29) is 10.6 Å². The van der Waals surface area contributed by atoms with Crippen LogP contribution in [0.2, 0.25) is 0 Å². The van der Waals surface area contributed by atoms with E-state index in [1.807, 2.05) is 4.90 Å². The van der Waals surface area contributed by atoms with Crippen molar-refractivity contribution < 1.29 is 9.66 Å². The molecule has 0 aromatic heterocycles.